The Hall–Kier alpha value is -1.37. The number of carbonyl (C=O) groups excluding carboxylic acids is 2. The second-order valence-electron chi connectivity index (χ2n) is 5.17. The molecule has 0 atom stereocenters. The second kappa shape index (κ2) is 7.26. The van der Waals surface area contributed by atoms with Gasteiger partial charge in [-0.05, 0) is 35.8 Å². The molecule has 0 saturated carbocycles. The maximum atomic E-state index is 12.3. The molecule has 1 N–H and O–H groups in total. The van der Waals surface area contributed by atoms with E-state index < -0.39 is 0 Å². The smallest absolute Gasteiger partial charge is 0.273 e. The molecule has 7 heteroatoms. The summed E-state index contributed by atoms with van der Waals surface area (Å²) in [6, 6.07) is 7.21. The van der Waals surface area contributed by atoms with Gasteiger partial charge in [0.1, 0.15) is 0 Å². The third-order valence-electron chi connectivity index (χ3n) is 2.82. The largest absolute Gasteiger partial charge is 0.285 e. The van der Waals surface area contributed by atoms with Crippen LogP contribution in [-0.4, -0.2) is 21.1 Å². The Kier molecular flexibility index (Phi) is 5.61. The van der Waals surface area contributed by atoms with Gasteiger partial charge in [0.05, 0.1) is 4.91 Å². The number of thioether (sulfide) groups is 1. The number of benzene rings is 1. The monoisotopic (exact) mass is 354 g/mol. The average Bonchev–Trinajstić information content (AvgIpc) is 2.68. The van der Waals surface area contributed by atoms with Crippen molar-refractivity contribution in [1.29, 1.82) is 0 Å². The molecule has 0 aliphatic carbocycles. The maximum Gasteiger partial charge on any atom is 0.285 e. The van der Waals surface area contributed by atoms with Crippen molar-refractivity contribution in [3.63, 3.8) is 0 Å². The first kappa shape index (κ1) is 17.0. The number of carbonyl (C=O) groups is 2. The quantitative estimate of drug-likeness (QED) is 0.662. The number of halogens is 1. The van der Waals surface area contributed by atoms with Crippen molar-refractivity contribution >= 4 is 57.8 Å². The first-order chi connectivity index (χ1) is 10.4. The van der Waals surface area contributed by atoms with E-state index in [0.29, 0.717) is 20.7 Å². The molecule has 0 unspecified atom stereocenters. The summed E-state index contributed by atoms with van der Waals surface area (Å²) >= 11 is 12.4. The highest BCUT2D eigenvalue weighted by Gasteiger charge is 2.33. The van der Waals surface area contributed by atoms with E-state index in [4.69, 9.17) is 23.8 Å². The topological polar surface area (TPSA) is 49.4 Å². The fourth-order valence-corrected chi connectivity index (χ4v) is 3.20. The standard InChI is InChI=1S/C15H15ClN2O2S2/c1-9(2)7-13(19)17-18-14(20)12(22-15(18)21)8-10-5-3-4-6-11(10)16/h3-6,8-9H,7H2,1-2H3,(H,17,19)/b12-8-. The molecule has 0 bridgehead atoms. The van der Waals surface area contributed by atoms with Crippen LogP contribution < -0.4 is 5.43 Å². The zero-order valence-corrected chi connectivity index (χ0v) is 14.5. The van der Waals surface area contributed by atoms with Gasteiger partial charge in [-0.2, -0.15) is 5.01 Å². The van der Waals surface area contributed by atoms with E-state index >= 15 is 0 Å². The van der Waals surface area contributed by atoms with Crippen molar-refractivity contribution < 1.29 is 9.59 Å². The highest BCUT2D eigenvalue weighted by Crippen LogP contribution is 2.32. The van der Waals surface area contributed by atoms with Crippen LogP contribution in [0.15, 0.2) is 29.2 Å². The highest BCUT2D eigenvalue weighted by atomic mass is 35.5. The van der Waals surface area contributed by atoms with Crippen LogP contribution in [0, 0.1) is 5.92 Å². The van der Waals surface area contributed by atoms with E-state index in [1.165, 1.54) is 0 Å². The van der Waals surface area contributed by atoms with Crippen LogP contribution in [-0.2, 0) is 9.59 Å². The van der Waals surface area contributed by atoms with Gasteiger partial charge in [0.2, 0.25) is 5.91 Å². The maximum absolute atomic E-state index is 12.3. The van der Waals surface area contributed by atoms with E-state index in [2.05, 4.69) is 5.43 Å². The van der Waals surface area contributed by atoms with Gasteiger partial charge in [-0.15, -0.1) is 0 Å². The van der Waals surface area contributed by atoms with Crippen LogP contribution in [0.2, 0.25) is 5.02 Å². The minimum absolute atomic E-state index is 0.206. The Morgan fingerprint density at radius 1 is 1.45 bits per heavy atom. The number of hydrogen-bond acceptors (Lipinski definition) is 4. The summed E-state index contributed by atoms with van der Waals surface area (Å²) in [4.78, 5) is 24.6. The third kappa shape index (κ3) is 4.09. The fraction of sp³-hybridized carbons (Fsp3) is 0.267. The molecular formula is C15H15ClN2O2S2. The lowest BCUT2D eigenvalue weighted by Crippen LogP contribution is -2.45. The summed E-state index contributed by atoms with van der Waals surface area (Å²) in [6.45, 7) is 3.86. The van der Waals surface area contributed by atoms with Crippen molar-refractivity contribution in [2.24, 2.45) is 5.92 Å². The molecule has 2 amide bonds. The van der Waals surface area contributed by atoms with Crippen LogP contribution >= 0.6 is 35.6 Å². The minimum Gasteiger partial charge on any atom is -0.273 e. The molecule has 0 radical (unpaired) electrons. The zero-order valence-electron chi connectivity index (χ0n) is 12.1. The summed E-state index contributed by atoms with van der Waals surface area (Å²) in [5.74, 6) is -0.366. The Bertz CT molecular complexity index is 659. The molecule has 0 aromatic heterocycles. The highest BCUT2D eigenvalue weighted by molar-refractivity contribution is 8.26. The minimum atomic E-state index is -0.341. The van der Waals surface area contributed by atoms with Crippen molar-refractivity contribution in [2.45, 2.75) is 20.3 Å². The van der Waals surface area contributed by atoms with Crippen molar-refractivity contribution in [1.82, 2.24) is 10.4 Å². The van der Waals surface area contributed by atoms with Crippen molar-refractivity contribution in [3.8, 4) is 0 Å². The van der Waals surface area contributed by atoms with E-state index in [1.807, 2.05) is 32.0 Å². The first-order valence-electron chi connectivity index (χ1n) is 6.70. The summed E-state index contributed by atoms with van der Waals surface area (Å²) in [5, 5.41) is 1.67. The number of nitrogens with zero attached hydrogens (tertiary/aromatic N) is 1. The van der Waals surface area contributed by atoms with Crippen LogP contribution in [0.25, 0.3) is 6.08 Å². The number of rotatable bonds is 4. The normalized spacial score (nSPS) is 16.7. The number of nitrogens with one attached hydrogen (secondary N) is 1. The number of thiocarbonyl (C=S) groups is 1. The van der Waals surface area contributed by atoms with Gasteiger partial charge >= 0.3 is 0 Å². The van der Waals surface area contributed by atoms with Gasteiger partial charge in [-0.25, -0.2) is 0 Å². The zero-order chi connectivity index (χ0) is 16.3. The molecule has 116 valence electrons. The Morgan fingerprint density at radius 2 is 2.14 bits per heavy atom. The molecule has 2 rings (SSSR count). The first-order valence-corrected chi connectivity index (χ1v) is 8.30. The summed E-state index contributed by atoms with van der Waals surface area (Å²) < 4.78 is 0.306. The van der Waals surface area contributed by atoms with Crippen molar-refractivity contribution in [3.05, 3.63) is 39.8 Å². The van der Waals surface area contributed by atoms with Crippen LogP contribution in [0.3, 0.4) is 0 Å². The van der Waals surface area contributed by atoms with Gasteiger partial charge in [0.15, 0.2) is 4.32 Å². The summed E-state index contributed by atoms with van der Waals surface area (Å²) in [5.41, 5.74) is 3.28. The molecule has 1 aromatic rings. The molecule has 1 heterocycles. The molecule has 22 heavy (non-hydrogen) atoms. The Morgan fingerprint density at radius 3 is 2.77 bits per heavy atom. The predicted octanol–water partition coefficient (Wildman–Crippen LogP) is 3.62. The van der Waals surface area contributed by atoms with Gasteiger partial charge in [0, 0.05) is 11.4 Å². The number of amides is 2. The van der Waals surface area contributed by atoms with Crippen LogP contribution in [0.5, 0.6) is 0 Å². The van der Waals surface area contributed by atoms with Gasteiger partial charge < -0.3 is 0 Å². The second-order valence-corrected chi connectivity index (χ2v) is 7.25. The predicted molar refractivity (Wildman–Crippen MR) is 94.1 cm³/mol. The molecule has 1 fully saturated rings. The molecule has 1 aliphatic rings. The SMILES string of the molecule is CC(C)CC(=O)NN1C(=O)/C(=C/c2ccccc2Cl)SC1=S. The van der Waals surface area contributed by atoms with Crippen LogP contribution in [0.1, 0.15) is 25.8 Å². The molecular weight excluding hydrogens is 340 g/mol. The van der Waals surface area contributed by atoms with Crippen molar-refractivity contribution in [2.75, 3.05) is 0 Å². The van der Waals surface area contributed by atoms with E-state index in [0.717, 1.165) is 22.3 Å². The van der Waals surface area contributed by atoms with E-state index in [-0.39, 0.29) is 17.7 Å². The lowest BCUT2D eigenvalue weighted by Gasteiger charge is -2.16. The molecule has 0 spiro atoms. The van der Waals surface area contributed by atoms with Gasteiger partial charge in [-0.1, -0.05) is 55.4 Å². The lowest BCUT2D eigenvalue weighted by atomic mass is 10.1. The molecule has 1 aromatic carbocycles. The summed E-state index contributed by atoms with van der Waals surface area (Å²) in [6.07, 6.45) is 2.01. The lowest BCUT2D eigenvalue weighted by molar-refractivity contribution is -0.133. The summed E-state index contributed by atoms with van der Waals surface area (Å²) in [7, 11) is 0. The fourth-order valence-electron chi connectivity index (χ4n) is 1.84. The third-order valence-corrected chi connectivity index (χ3v) is 4.46. The van der Waals surface area contributed by atoms with Crippen LogP contribution in [0.4, 0.5) is 0 Å². The molecule has 4 nitrogen and oxygen atoms in total. The van der Waals surface area contributed by atoms with Gasteiger partial charge in [0.25, 0.3) is 5.91 Å². The molecule has 1 aliphatic heterocycles. The average molecular weight is 355 g/mol. The Balaban J connectivity index is 2.15. The number of hydrogen-bond donors (Lipinski definition) is 1. The Labute approximate surface area is 143 Å². The van der Waals surface area contributed by atoms with Gasteiger partial charge in [-0.3, -0.25) is 15.0 Å². The van der Waals surface area contributed by atoms with E-state index in [1.54, 1.807) is 12.1 Å². The molecule has 1 saturated heterocycles. The number of hydrazine groups is 1. The van der Waals surface area contributed by atoms with E-state index in [9.17, 15) is 9.59 Å².